The van der Waals surface area contributed by atoms with Crippen molar-refractivity contribution in [2.45, 2.75) is 19.8 Å². The number of nitrogens with zero attached hydrogens (tertiary/aromatic N) is 2. The van der Waals surface area contributed by atoms with Crippen LogP contribution < -0.4 is 10.7 Å². The minimum atomic E-state index is -0.783. The minimum Gasteiger partial charge on any atom is -0.464 e. The summed E-state index contributed by atoms with van der Waals surface area (Å²) in [7, 11) is 1.23. The summed E-state index contributed by atoms with van der Waals surface area (Å²) in [6.07, 6.45) is 1.31. The first-order valence-electron chi connectivity index (χ1n) is 7.27. The number of aromatic nitrogens is 2. The van der Waals surface area contributed by atoms with Crippen LogP contribution in [0.4, 0.5) is 4.79 Å². The summed E-state index contributed by atoms with van der Waals surface area (Å²) in [4.78, 5) is 40.0. The molecule has 0 bridgehead atoms. The molecule has 2 aromatic rings. The van der Waals surface area contributed by atoms with E-state index in [1.165, 1.54) is 18.0 Å². The molecule has 24 heavy (non-hydrogen) atoms. The van der Waals surface area contributed by atoms with Crippen molar-refractivity contribution in [2.75, 3.05) is 12.5 Å². The van der Waals surface area contributed by atoms with Crippen LogP contribution in [0.25, 0.3) is 0 Å². The SMILES string of the molecule is COC(=O)c1cnc(C(C)C)n1NC(=O)NC(=O)c1ccccc1. The lowest BCUT2D eigenvalue weighted by Gasteiger charge is -2.14. The number of rotatable bonds is 4. The van der Waals surface area contributed by atoms with Crippen LogP contribution in [0.5, 0.6) is 0 Å². The highest BCUT2D eigenvalue weighted by Crippen LogP contribution is 2.14. The number of carbonyl (C=O) groups is 3. The van der Waals surface area contributed by atoms with Crippen LogP contribution in [0.2, 0.25) is 0 Å². The van der Waals surface area contributed by atoms with Crippen LogP contribution in [-0.2, 0) is 4.74 Å². The third kappa shape index (κ3) is 3.78. The number of hydrogen-bond donors (Lipinski definition) is 2. The van der Waals surface area contributed by atoms with E-state index in [1.807, 2.05) is 13.8 Å². The zero-order valence-corrected chi connectivity index (χ0v) is 13.6. The van der Waals surface area contributed by atoms with Crippen LogP contribution in [0, 0.1) is 0 Å². The van der Waals surface area contributed by atoms with Crippen LogP contribution >= 0.6 is 0 Å². The maximum atomic E-state index is 12.1. The van der Waals surface area contributed by atoms with Gasteiger partial charge in [-0.15, -0.1) is 0 Å². The van der Waals surface area contributed by atoms with Crippen molar-refractivity contribution in [3.05, 3.63) is 53.6 Å². The Morgan fingerprint density at radius 1 is 1.17 bits per heavy atom. The van der Waals surface area contributed by atoms with Gasteiger partial charge in [0.15, 0.2) is 5.69 Å². The molecule has 126 valence electrons. The van der Waals surface area contributed by atoms with E-state index >= 15 is 0 Å². The van der Waals surface area contributed by atoms with Gasteiger partial charge in [-0.3, -0.25) is 10.1 Å². The number of benzene rings is 1. The van der Waals surface area contributed by atoms with E-state index < -0.39 is 17.9 Å². The van der Waals surface area contributed by atoms with Gasteiger partial charge in [-0.2, -0.15) is 0 Å². The van der Waals surface area contributed by atoms with Gasteiger partial charge in [0, 0.05) is 11.5 Å². The Morgan fingerprint density at radius 3 is 2.42 bits per heavy atom. The number of ether oxygens (including phenoxy) is 1. The van der Waals surface area contributed by atoms with E-state index in [0.29, 0.717) is 11.4 Å². The molecule has 1 heterocycles. The Morgan fingerprint density at radius 2 is 1.83 bits per heavy atom. The molecule has 0 saturated carbocycles. The van der Waals surface area contributed by atoms with Gasteiger partial charge in [0.25, 0.3) is 5.91 Å². The quantitative estimate of drug-likeness (QED) is 0.833. The first-order valence-corrected chi connectivity index (χ1v) is 7.27. The lowest BCUT2D eigenvalue weighted by molar-refractivity contribution is 0.0590. The van der Waals surface area contributed by atoms with Gasteiger partial charge in [0.05, 0.1) is 13.3 Å². The number of imide groups is 1. The van der Waals surface area contributed by atoms with Gasteiger partial charge in [-0.25, -0.2) is 24.7 Å². The van der Waals surface area contributed by atoms with Gasteiger partial charge in [-0.05, 0) is 12.1 Å². The molecule has 0 aliphatic heterocycles. The number of urea groups is 1. The van der Waals surface area contributed by atoms with Crippen molar-refractivity contribution in [2.24, 2.45) is 0 Å². The highest BCUT2D eigenvalue weighted by Gasteiger charge is 2.21. The van der Waals surface area contributed by atoms with E-state index in [-0.39, 0.29) is 11.6 Å². The molecule has 8 heteroatoms. The van der Waals surface area contributed by atoms with Crippen LogP contribution in [0.1, 0.15) is 46.4 Å². The number of esters is 1. The molecule has 0 fully saturated rings. The average Bonchev–Trinajstić information content (AvgIpc) is 2.98. The number of carbonyl (C=O) groups excluding carboxylic acids is 3. The number of methoxy groups -OCH3 is 1. The highest BCUT2D eigenvalue weighted by molar-refractivity contribution is 6.06. The van der Waals surface area contributed by atoms with E-state index in [0.717, 1.165) is 0 Å². The molecule has 1 aromatic heterocycles. The van der Waals surface area contributed by atoms with Crippen molar-refractivity contribution in [1.29, 1.82) is 0 Å². The summed E-state index contributed by atoms with van der Waals surface area (Å²) in [5.74, 6) is -0.811. The summed E-state index contributed by atoms with van der Waals surface area (Å²) < 4.78 is 5.88. The fraction of sp³-hybridized carbons (Fsp3) is 0.250. The molecule has 0 aliphatic carbocycles. The van der Waals surface area contributed by atoms with Crippen LogP contribution in [-0.4, -0.2) is 34.7 Å². The molecule has 0 radical (unpaired) electrons. The predicted octanol–water partition coefficient (Wildman–Crippen LogP) is 1.89. The average molecular weight is 330 g/mol. The van der Waals surface area contributed by atoms with Gasteiger partial charge in [-0.1, -0.05) is 32.0 Å². The Bertz CT molecular complexity index is 753. The van der Waals surface area contributed by atoms with Crippen molar-refractivity contribution < 1.29 is 19.1 Å². The molecule has 0 unspecified atom stereocenters. The first-order chi connectivity index (χ1) is 11.4. The van der Waals surface area contributed by atoms with Gasteiger partial charge >= 0.3 is 12.0 Å². The van der Waals surface area contributed by atoms with Crippen molar-refractivity contribution in [3.63, 3.8) is 0 Å². The van der Waals surface area contributed by atoms with E-state index in [4.69, 9.17) is 0 Å². The largest absolute Gasteiger partial charge is 0.464 e. The second-order valence-electron chi connectivity index (χ2n) is 5.24. The molecule has 1 aromatic carbocycles. The smallest absolute Gasteiger partial charge is 0.358 e. The zero-order valence-electron chi connectivity index (χ0n) is 13.6. The summed E-state index contributed by atoms with van der Waals surface area (Å²) in [5.41, 5.74) is 2.84. The third-order valence-corrected chi connectivity index (χ3v) is 3.18. The Hall–Kier alpha value is -3.16. The number of nitrogens with one attached hydrogen (secondary N) is 2. The van der Waals surface area contributed by atoms with Crippen LogP contribution in [0.3, 0.4) is 0 Å². The Balaban J connectivity index is 2.17. The molecule has 0 spiro atoms. The zero-order chi connectivity index (χ0) is 17.7. The molecule has 3 amide bonds. The maximum absolute atomic E-state index is 12.1. The lowest BCUT2D eigenvalue weighted by atomic mass is 10.2. The second kappa shape index (κ2) is 7.40. The van der Waals surface area contributed by atoms with Gasteiger partial charge in [0.1, 0.15) is 5.82 Å². The van der Waals surface area contributed by atoms with Crippen molar-refractivity contribution in [3.8, 4) is 0 Å². The second-order valence-corrected chi connectivity index (χ2v) is 5.24. The minimum absolute atomic E-state index is 0.0588. The number of hydrogen-bond acceptors (Lipinski definition) is 5. The molecule has 2 rings (SSSR count). The van der Waals surface area contributed by atoms with Gasteiger partial charge in [0.2, 0.25) is 0 Å². The Kier molecular flexibility index (Phi) is 5.31. The molecule has 8 nitrogen and oxygen atoms in total. The van der Waals surface area contributed by atoms with E-state index in [1.54, 1.807) is 30.3 Å². The maximum Gasteiger partial charge on any atom is 0.358 e. The van der Waals surface area contributed by atoms with E-state index in [9.17, 15) is 14.4 Å². The Labute approximate surface area is 138 Å². The molecular formula is C16H18N4O4. The van der Waals surface area contributed by atoms with Crippen molar-refractivity contribution >= 4 is 17.9 Å². The number of imidazole rings is 1. The lowest BCUT2D eigenvalue weighted by Crippen LogP contribution is -2.40. The highest BCUT2D eigenvalue weighted by atomic mass is 16.5. The monoisotopic (exact) mass is 330 g/mol. The fourth-order valence-electron chi connectivity index (χ4n) is 2.03. The summed E-state index contributed by atoms with van der Waals surface area (Å²) in [5, 5.41) is 2.20. The predicted molar refractivity (Wildman–Crippen MR) is 86.3 cm³/mol. The van der Waals surface area contributed by atoms with E-state index in [2.05, 4.69) is 20.5 Å². The normalized spacial score (nSPS) is 10.3. The fourth-order valence-corrected chi connectivity index (χ4v) is 2.03. The summed E-state index contributed by atoms with van der Waals surface area (Å²) >= 11 is 0. The molecular weight excluding hydrogens is 312 g/mol. The van der Waals surface area contributed by atoms with Crippen molar-refractivity contribution in [1.82, 2.24) is 15.0 Å². The molecule has 0 atom stereocenters. The summed E-state index contributed by atoms with van der Waals surface area (Å²) in [6.45, 7) is 3.71. The molecule has 0 saturated heterocycles. The molecule has 0 aliphatic rings. The molecule has 2 N–H and O–H groups in total. The standard InChI is InChI=1S/C16H18N4O4/c1-10(2)13-17-9-12(15(22)24-3)20(13)19-16(23)18-14(21)11-7-5-4-6-8-11/h4-10H,1-3H3,(H2,18,19,21,23). The number of amides is 3. The first kappa shape index (κ1) is 17.2. The van der Waals surface area contributed by atoms with Crippen LogP contribution in [0.15, 0.2) is 36.5 Å². The topological polar surface area (TPSA) is 102 Å². The third-order valence-electron chi connectivity index (χ3n) is 3.18. The van der Waals surface area contributed by atoms with Gasteiger partial charge < -0.3 is 4.74 Å². The summed E-state index contributed by atoms with van der Waals surface area (Å²) in [6, 6.07) is 7.52.